The van der Waals surface area contributed by atoms with E-state index in [2.05, 4.69) is 0 Å². The number of anilines is 1. The first kappa shape index (κ1) is 17.6. The van der Waals surface area contributed by atoms with Crippen molar-refractivity contribution in [1.29, 1.82) is 0 Å². The van der Waals surface area contributed by atoms with E-state index in [1.54, 1.807) is 12.1 Å². The zero-order valence-electron chi connectivity index (χ0n) is 13.9. The number of hydrogen-bond donors (Lipinski definition) is 0. The molecule has 0 spiro atoms. The summed E-state index contributed by atoms with van der Waals surface area (Å²) in [5.41, 5.74) is 2.71. The number of benzene rings is 2. The van der Waals surface area contributed by atoms with Crippen LogP contribution in [0.25, 0.3) is 6.08 Å². The average molecular weight is 373 g/mol. The number of amides is 2. The first-order valence-corrected chi connectivity index (χ1v) is 8.91. The molecule has 0 aromatic heterocycles. The van der Waals surface area contributed by atoms with Gasteiger partial charge in [0, 0.05) is 24.8 Å². The third-order valence-electron chi connectivity index (χ3n) is 3.87. The van der Waals surface area contributed by atoms with Crippen molar-refractivity contribution in [2.24, 2.45) is 0 Å². The monoisotopic (exact) mass is 372 g/mol. The molecule has 0 saturated carbocycles. The number of rotatable bonds is 4. The molecule has 1 heterocycles. The molecule has 0 aliphatic carbocycles. The van der Waals surface area contributed by atoms with Crippen LogP contribution in [-0.2, 0) is 11.3 Å². The van der Waals surface area contributed by atoms with Gasteiger partial charge in [-0.1, -0.05) is 41.9 Å². The summed E-state index contributed by atoms with van der Waals surface area (Å²) < 4.78 is 0. The van der Waals surface area contributed by atoms with Crippen LogP contribution in [0, 0.1) is 0 Å². The van der Waals surface area contributed by atoms with Crippen LogP contribution in [0.2, 0.25) is 5.02 Å². The molecule has 4 nitrogen and oxygen atoms in total. The Labute approximate surface area is 156 Å². The second-order valence-corrected chi connectivity index (χ2v) is 7.25. The zero-order chi connectivity index (χ0) is 18.0. The lowest BCUT2D eigenvalue weighted by atomic mass is 10.1. The van der Waals surface area contributed by atoms with E-state index in [-0.39, 0.29) is 17.7 Å². The highest BCUT2D eigenvalue weighted by Crippen LogP contribution is 2.34. The maximum atomic E-state index is 12.6. The van der Waals surface area contributed by atoms with Gasteiger partial charge in [-0.15, -0.1) is 0 Å². The Morgan fingerprint density at radius 3 is 2.40 bits per heavy atom. The molecule has 0 N–H and O–H groups in total. The van der Waals surface area contributed by atoms with E-state index in [4.69, 9.17) is 11.6 Å². The summed E-state index contributed by atoms with van der Waals surface area (Å²) in [6, 6.07) is 15.0. The topological polar surface area (TPSA) is 40.6 Å². The van der Waals surface area contributed by atoms with E-state index in [0.29, 0.717) is 9.93 Å². The van der Waals surface area contributed by atoms with Crippen LogP contribution in [-0.4, -0.2) is 30.1 Å². The van der Waals surface area contributed by atoms with Crippen LogP contribution in [0.4, 0.5) is 10.5 Å². The van der Waals surface area contributed by atoms with Gasteiger partial charge in [0.2, 0.25) is 0 Å². The quantitative estimate of drug-likeness (QED) is 0.733. The van der Waals surface area contributed by atoms with Crippen molar-refractivity contribution in [3.05, 3.63) is 69.6 Å². The number of nitrogens with zero attached hydrogens (tertiary/aromatic N) is 2. The van der Waals surface area contributed by atoms with Crippen molar-refractivity contribution in [3.8, 4) is 0 Å². The van der Waals surface area contributed by atoms with Crippen LogP contribution >= 0.6 is 23.4 Å². The maximum Gasteiger partial charge on any atom is 0.293 e. The lowest BCUT2D eigenvalue weighted by Crippen LogP contribution is -2.27. The average Bonchev–Trinajstić information content (AvgIpc) is 2.85. The third-order valence-corrected chi connectivity index (χ3v) is 5.14. The number of thioether (sulfide) groups is 1. The second-order valence-electron chi connectivity index (χ2n) is 5.85. The highest BCUT2D eigenvalue weighted by Gasteiger charge is 2.35. The van der Waals surface area contributed by atoms with Crippen LogP contribution < -0.4 is 4.90 Å². The SMILES string of the molecule is CN(C)c1ccc(C=C2SC(=O)N(Cc3ccccc3Cl)C2=O)cc1. The molecule has 3 rings (SSSR count). The maximum absolute atomic E-state index is 12.6. The first-order valence-electron chi connectivity index (χ1n) is 7.72. The summed E-state index contributed by atoms with van der Waals surface area (Å²) in [5, 5.41) is 0.269. The van der Waals surface area contributed by atoms with Crippen LogP contribution in [0.1, 0.15) is 11.1 Å². The number of hydrogen-bond acceptors (Lipinski definition) is 4. The molecular weight excluding hydrogens is 356 g/mol. The Morgan fingerprint density at radius 1 is 1.08 bits per heavy atom. The van der Waals surface area contributed by atoms with E-state index < -0.39 is 0 Å². The van der Waals surface area contributed by atoms with Gasteiger partial charge < -0.3 is 4.90 Å². The minimum Gasteiger partial charge on any atom is -0.378 e. The molecule has 25 heavy (non-hydrogen) atoms. The number of imide groups is 1. The Morgan fingerprint density at radius 2 is 1.76 bits per heavy atom. The van der Waals surface area contributed by atoms with Gasteiger partial charge in [0.1, 0.15) is 0 Å². The first-order chi connectivity index (χ1) is 12.0. The van der Waals surface area contributed by atoms with Gasteiger partial charge in [-0.05, 0) is 47.2 Å². The molecule has 2 amide bonds. The molecule has 0 atom stereocenters. The van der Waals surface area contributed by atoms with Gasteiger partial charge in [-0.2, -0.15) is 0 Å². The van der Waals surface area contributed by atoms with Crippen LogP contribution in [0.3, 0.4) is 0 Å². The Hall–Kier alpha value is -2.24. The molecule has 1 saturated heterocycles. The van der Waals surface area contributed by atoms with E-state index in [0.717, 1.165) is 28.6 Å². The highest BCUT2D eigenvalue weighted by molar-refractivity contribution is 8.18. The molecular formula is C19H17ClN2O2S. The number of carbonyl (C=O) groups is 2. The van der Waals surface area contributed by atoms with Crippen molar-refractivity contribution in [2.75, 3.05) is 19.0 Å². The normalized spacial score (nSPS) is 16.0. The summed E-state index contributed by atoms with van der Waals surface area (Å²) >= 11 is 7.09. The lowest BCUT2D eigenvalue weighted by molar-refractivity contribution is -0.123. The minimum atomic E-state index is -0.286. The summed E-state index contributed by atoms with van der Waals surface area (Å²) in [7, 11) is 3.93. The van der Waals surface area contributed by atoms with E-state index in [1.165, 1.54) is 4.90 Å². The fraction of sp³-hybridized carbons (Fsp3) is 0.158. The van der Waals surface area contributed by atoms with Gasteiger partial charge in [0.25, 0.3) is 11.1 Å². The lowest BCUT2D eigenvalue weighted by Gasteiger charge is -2.13. The standard InChI is InChI=1S/C19H17ClN2O2S/c1-21(2)15-9-7-13(8-10-15)11-17-18(23)22(19(24)25-17)12-14-5-3-4-6-16(14)20/h3-11H,12H2,1-2H3. The predicted octanol–water partition coefficient (Wildman–Crippen LogP) is 4.64. The van der Waals surface area contributed by atoms with Crippen LogP contribution in [0.5, 0.6) is 0 Å². The van der Waals surface area contributed by atoms with Gasteiger partial charge in [0.05, 0.1) is 11.4 Å². The molecule has 2 aromatic rings. The summed E-state index contributed by atoms with van der Waals surface area (Å²) in [5.74, 6) is -0.286. The molecule has 1 aliphatic rings. The summed E-state index contributed by atoms with van der Waals surface area (Å²) in [6.45, 7) is 0.182. The number of carbonyl (C=O) groups excluding carboxylic acids is 2. The second kappa shape index (κ2) is 7.33. The largest absolute Gasteiger partial charge is 0.378 e. The van der Waals surface area contributed by atoms with Gasteiger partial charge in [0.15, 0.2) is 0 Å². The minimum absolute atomic E-state index is 0.182. The third kappa shape index (κ3) is 3.89. The fourth-order valence-electron chi connectivity index (χ4n) is 2.45. The summed E-state index contributed by atoms with van der Waals surface area (Å²) in [4.78, 5) is 28.5. The molecule has 0 bridgehead atoms. The molecule has 6 heteroatoms. The molecule has 2 aromatic carbocycles. The molecule has 1 aliphatic heterocycles. The fourth-order valence-corrected chi connectivity index (χ4v) is 3.49. The highest BCUT2D eigenvalue weighted by atomic mass is 35.5. The Kier molecular flexibility index (Phi) is 5.16. The van der Waals surface area contributed by atoms with E-state index >= 15 is 0 Å². The smallest absolute Gasteiger partial charge is 0.293 e. The van der Waals surface area contributed by atoms with Crippen molar-refractivity contribution in [2.45, 2.75) is 6.54 Å². The molecule has 128 valence electrons. The van der Waals surface area contributed by atoms with Gasteiger partial charge >= 0.3 is 0 Å². The van der Waals surface area contributed by atoms with Crippen molar-refractivity contribution in [3.63, 3.8) is 0 Å². The number of halogens is 1. The van der Waals surface area contributed by atoms with Crippen LogP contribution in [0.15, 0.2) is 53.4 Å². The summed E-state index contributed by atoms with van der Waals surface area (Å²) in [6.07, 6.45) is 1.75. The van der Waals surface area contributed by atoms with Crippen molar-refractivity contribution < 1.29 is 9.59 Å². The van der Waals surface area contributed by atoms with Crippen molar-refractivity contribution >= 4 is 46.3 Å². The van der Waals surface area contributed by atoms with Gasteiger partial charge in [-0.25, -0.2) is 0 Å². The molecule has 1 fully saturated rings. The molecule has 0 unspecified atom stereocenters. The Bertz CT molecular complexity index is 847. The predicted molar refractivity (Wildman–Crippen MR) is 104 cm³/mol. The van der Waals surface area contributed by atoms with E-state index in [9.17, 15) is 9.59 Å². The Balaban J connectivity index is 1.79. The van der Waals surface area contributed by atoms with E-state index in [1.807, 2.05) is 61.5 Å². The zero-order valence-corrected chi connectivity index (χ0v) is 15.5. The van der Waals surface area contributed by atoms with Crippen molar-refractivity contribution in [1.82, 2.24) is 4.90 Å². The molecule has 0 radical (unpaired) electrons. The van der Waals surface area contributed by atoms with Gasteiger partial charge in [-0.3, -0.25) is 14.5 Å².